The maximum atomic E-state index is 12.8. The van der Waals surface area contributed by atoms with E-state index in [9.17, 15) is 14.5 Å². The number of nitrogens with zero attached hydrogens (tertiary/aromatic N) is 1. The van der Waals surface area contributed by atoms with Crippen molar-refractivity contribution in [3.05, 3.63) is 69.0 Å². The predicted octanol–water partition coefficient (Wildman–Crippen LogP) is 4.04. The van der Waals surface area contributed by atoms with Crippen LogP contribution < -0.4 is 5.32 Å². The summed E-state index contributed by atoms with van der Waals surface area (Å²) in [5.74, 6) is -0.285. The fourth-order valence-electron chi connectivity index (χ4n) is 1.84. The van der Waals surface area contributed by atoms with Gasteiger partial charge in [0.1, 0.15) is 16.5 Å². The van der Waals surface area contributed by atoms with Crippen molar-refractivity contribution in [1.29, 1.82) is 0 Å². The van der Waals surface area contributed by atoms with Crippen molar-refractivity contribution in [2.75, 3.05) is 11.9 Å². The number of nitro benzene ring substituents is 1. The molecular weight excluding hydrogens is 283 g/mol. The van der Waals surface area contributed by atoms with Gasteiger partial charge in [-0.1, -0.05) is 29.8 Å². The zero-order chi connectivity index (χ0) is 14.5. The number of hydrogen-bond donors (Lipinski definition) is 1. The molecule has 0 unspecified atom stereocenters. The number of nitro groups is 1. The van der Waals surface area contributed by atoms with Gasteiger partial charge in [-0.05, 0) is 36.2 Å². The molecular formula is C14H12ClFN2O2. The van der Waals surface area contributed by atoms with Gasteiger partial charge in [0.15, 0.2) is 0 Å². The second-order valence-corrected chi connectivity index (χ2v) is 4.60. The summed E-state index contributed by atoms with van der Waals surface area (Å²) in [5.41, 5.74) is 1.20. The van der Waals surface area contributed by atoms with Crippen molar-refractivity contribution in [3.8, 4) is 0 Å². The number of anilines is 1. The number of halogens is 2. The topological polar surface area (TPSA) is 55.2 Å². The molecule has 0 heterocycles. The lowest BCUT2D eigenvalue weighted by Gasteiger charge is -2.08. The molecule has 104 valence electrons. The number of nitrogens with one attached hydrogen (secondary N) is 1. The molecule has 6 heteroatoms. The van der Waals surface area contributed by atoms with Crippen molar-refractivity contribution in [1.82, 2.24) is 0 Å². The van der Waals surface area contributed by atoms with Crippen LogP contribution >= 0.6 is 11.6 Å². The molecule has 0 atom stereocenters. The van der Waals surface area contributed by atoms with Crippen molar-refractivity contribution < 1.29 is 9.31 Å². The Bertz CT molecular complexity index is 617. The smallest absolute Gasteiger partial charge is 0.310 e. The maximum absolute atomic E-state index is 12.8. The van der Waals surface area contributed by atoms with Gasteiger partial charge >= 0.3 is 5.69 Å². The molecule has 20 heavy (non-hydrogen) atoms. The van der Waals surface area contributed by atoms with E-state index in [2.05, 4.69) is 5.32 Å². The van der Waals surface area contributed by atoms with E-state index in [0.717, 1.165) is 5.56 Å². The largest absolute Gasteiger partial charge is 0.379 e. The molecule has 0 aliphatic carbocycles. The van der Waals surface area contributed by atoms with Crippen LogP contribution in [0.2, 0.25) is 5.02 Å². The van der Waals surface area contributed by atoms with Crippen LogP contribution in [0.4, 0.5) is 15.8 Å². The Kier molecular flexibility index (Phi) is 4.53. The first kappa shape index (κ1) is 14.3. The first-order valence-electron chi connectivity index (χ1n) is 5.99. The van der Waals surface area contributed by atoms with Crippen LogP contribution in [0.3, 0.4) is 0 Å². The number of rotatable bonds is 5. The predicted molar refractivity (Wildman–Crippen MR) is 76.7 cm³/mol. The fraction of sp³-hybridized carbons (Fsp3) is 0.143. The molecule has 4 nitrogen and oxygen atoms in total. The van der Waals surface area contributed by atoms with Crippen LogP contribution in [0.1, 0.15) is 5.56 Å². The summed E-state index contributed by atoms with van der Waals surface area (Å²) in [6.07, 6.45) is 0.629. The summed E-state index contributed by atoms with van der Waals surface area (Å²) in [6, 6.07) is 10.9. The van der Waals surface area contributed by atoms with Crippen molar-refractivity contribution in [2.45, 2.75) is 6.42 Å². The van der Waals surface area contributed by atoms with E-state index < -0.39 is 4.92 Å². The molecule has 0 aliphatic heterocycles. The minimum Gasteiger partial charge on any atom is -0.379 e. The Balaban J connectivity index is 2.02. The highest BCUT2D eigenvalue weighted by Gasteiger charge is 2.17. The van der Waals surface area contributed by atoms with Crippen molar-refractivity contribution in [3.63, 3.8) is 0 Å². The molecule has 1 N–H and O–H groups in total. The Hall–Kier alpha value is -2.14. The molecule has 2 aromatic rings. The Morgan fingerprint density at radius 3 is 2.55 bits per heavy atom. The quantitative estimate of drug-likeness (QED) is 0.669. The average Bonchev–Trinajstić information content (AvgIpc) is 2.40. The molecule has 0 aliphatic rings. The lowest BCUT2D eigenvalue weighted by Crippen LogP contribution is -2.07. The van der Waals surface area contributed by atoms with Crippen LogP contribution in [0.25, 0.3) is 0 Å². The molecule has 2 aromatic carbocycles. The molecule has 0 saturated heterocycles. The Morgan fingerprint density at radius 2 is 1.90 bits per heavy atom. The number of benzene rings is 2. The minimum absolute atomic E-state index is 0.0989. The Labute approximate surface area is 120 Å². The van der Waals surface area contributed by atoms with E-state index >= 15 is 0 Å². The van der Waals surface area contributed by atoms with E-state index in [1.165, 1.54) is 18.2 Å². The summed E-state index contributed by atoms with van der Waals surface area (Å²) in [7, 11) is 0. The van der Waals surface area contributed by atoms with Gasteiger partial charge in [-0.15, -0.1) is 0 Å². The summed E-state index contributed by atoms with van der Waals surface area (Å²) in [6.45, 7) is 0.493. The molecule has 0 spiro atoms. The summed E-state index contributed by atoms with van der Waals surface area (Å²) in [5, 5.41) is 14.0. The standard InChI is InChI=1S/C14H12ClFN2O2/c15-12-2-1-3-13(14(12)18(19)20)17-9-8-10-4-6-11(16)7-5-10/h1-7,17H,8-9H2. The van der Waals surface area contributed by atoms with Gasteiger partial charge in [0, 0.05) is 6.54 Å². The van der Waals surface area contributed by atoms with Gasteiger partial charge in [-0.2, -0.15) is 0 Å². The molecule has 0 radical (unpaired) electrons. The zero-order valence-electron chi connectivity index (χ0n) is 10.5. The highest BCUT2D eigenvalue weighted by molar-refractivity contribution is 6.33. The Morgan fingerprint density at radius 1 is 1.20 bits per heavy atom. The highest BCUT2D eigenvalue weighted by Crippen LogP contribution is 2.32. The number of hydrogen-bond acceptors (Lipinski definition) is 3. The van der Waals surface area contributed by atoms with Gasteiger partial charge in [0.25, 0.3) is 0 Å². The van der Waals surface area contributed by atoms with Crippen LogP contribution in [0, 0.1) is 15.9 Å². The fourth-order valence-corrected chi connectivity index (χ4v) is 2.08. The third-order valence-corrected chi connectivity index (χ3v) is 3.12. The second-order valence-electron chi connectivity index (χ2n) is 4.20. The maximum Gasteiger partial charge on any atom is 0.310 e. The SMILES string of the molecule is O=[N+]([O-])c1c(Cl)cccc1NCCc1ccc(F)cc1. The summed E-state index contributed by atoms with van der Waals surface area (Å²) < 4.78 is 12.8. The van der Waals surface area contributed by atoms with Gasteiger partial charge in [0.2, 0.25) is 0 Å². The normalized spacial score (nSPS) is 10.3. The molecule has 0 aromatic heterocycles. The van der Waals surface area contributed by atoms with Crippen LogP contribution in [-0.2, 0) is 6.42 Å². The third-order valence-electron chi connectivity index (χ3n) is 2.81. The first-order chi connectivity index (χ1) is 9.58. The van der Waals surface area contributed by atoms with Crippen LogP contribution in [0.15, 0.2) is 42.5 Å². The minimum atomic E-state index is -0.511. The highest BCUT2D eigenvalue weighted by atomic mass is 35.5. The van der Waals surface area contributed by atoms with Gasteiger partial charge in [-0.3, -0.25) is 10.1 Å². The molecule has 2 rings (SSSR count). The summed E-state index contributed by atoms with van der Waals surface area (Å²) in [4.78, 5) is 10.4. The first-order valence-corrected chi connectivity index (χ1v) is 6.37. The average molecular weight is 295 g/mol. The van der Waals surface area contributed by atoms with Gasteiger partial charge in [0.05, 0.1) is 4.92 Å². The van der Waals surface area contributed by atoms with E-state index in [0.29, 0.717) is 18.7 Å². The number of para-hydroxylation sites is 1. The van der Waals surface area contributed by atoms with Crippen molar-refractivity contribution >= 4 is 23.0 Å². The van der Waals surface area contributed by atoms with E-state index in [1.54, 1.807) is 24.3 Å². The van der Waals surface area contributed by atoms with Crippen LogP contribution in [0.5, 0.6) is 0 Å². The zero-order valence-corrected chi connectivity index (χ0v) is 11.2. The molecule has 0 bridgehead atoms. The second kappa shape index (κ2) is 6.34. The summed E-state index contributed by atoms with van der Waals surface area (Å²) >= 11 is 5.81. The van der Waals surface area contributed by atoms with Gasteiger partial charge in [-0.25, -0.2) is 4.39 Å². The van der Waals surface area contributed by atoms with E-state index in [-0.39, 0.29) is 16.5 Å². The van der Waals surface area contributed by atoms with Crippen LogP contribution in [-0.4, -0.2) is 11.5 Å². The lowest BCUT2D eigenvalue weighted by atomic mass is 10.1. The molecule has 0 fully saturated rings. The van der Waals surface area contributed by atoms with Gasteiger partial charge < -0.3 is 5.32 Å². The van der Waals surface area contributed by atoms with E-state index in [1.807, 2.05) is 0 Å². The molecule has 0 saturated carbocycles. The lowest BCUT2D eigenvalue weighted by molar-refractivity contribution is -0.383. The third kappa shape index (κ3) is 3.45. The van der Waals surface area contributed by atoms with Crippen molar-refractivity contribution in [2.24, 2.45) is 0 Å². The molecule has 0 amide bonds. The monoisotopic (exact) mass is 294 g/mol. The van der Waals surface area contributed by atoms with E-state index in [4.69, 9.17) is 11.6 Å².